The van der Waals surface area contributed by atoms with E-state index in [1.165, 1.54) is 12.5 Å². The Morgan fingerprint density at radius 2 is 1.68 bits per heavy atom. The fraction of sp³-hybridized carbons (Fsp3) is 0.182. The number of rotatable bonds is 6. The van der Waals surface area contributed by atoms with Crippen molar-refractivity contribution in [2.24, 2.45) is 0 Å². The third kappa shape index (κ3) is 3.49. The predicted octanol–water partition coefficient (Wildman–Crippen LogP) is 4.33. The molecule has 6 heteroatoms. The van der Waals surface area contributed by atoms with Crippen molar-refractivity contribution in [2.45, 2.75) is 18.4 Å². The maximum Gasteiger partial charge on any atom is 0.407 e. The molecular weight excluding hydrogens is 358 g/mol. The molecule has 0 fully saturated rings. The third-order valence-corrected chi connectivity index (χ3v) is 4.96. The summed E-state index contributed by atoms with van der Waals surface area (Å²) in [4.78, 5) is 23.5. The summed E-state index contributed by atoms with van der Waals surface area (Å²) in [6.45, 7) is 0.172. The molecule has 1 atom stereocenters. The summed E-state index contributed by atoms with van der Waals surface area (Å²) >= 11 is 0. The van der Waals surface area contributed by atoms with Crippen molar-refractivity contribution in [3.63, 3.8) is 0 Å². The molecule has 4 rings (SSSR count). The highest BCUT2D eigenvalue weighted by molar-refractivity contribution is 5.79. The molecule has 2 aromatic carbocycles. The number of furan rings is 1. The van der Waals surface area contributed by atoms with Gasteiger partial charge in [-0.3, -0.25) is 4.79 Å². The molecule has 142 valence electrons. The number of fused-ring (bicyclic) bond motifs is 3. The lowest BCUT2D eigenvalue weighted by molar-refractivity contribution is -0.137. The second-order valence-electron chi connectivity index (χ2n) is 6.68. The zero-order valence-electron chi connectivity index (χ0n) is 15.0. The van der Waals surface area contributed by atoms with Crippen molar-refractivity contribution in [2.75, 3.05) is 6.61 Å². The molecule has 1 heterocycles. The van der Waals surface area contributed by atoms with E-state index in [1.54, 1.807) is 6.07 Å². The lowest BCUT2D eigenvalue weighted by atomic mass is 9.98. The van der Waals surface area contributed by atoms with Crippen LogP contribution in [0, 0.1) is 0 Å². The number of benzene rings is 2. The molecule has 3 aromatic rings. The number of carbonyl (C=O) groups excluding carboxylic acids is 1. The first kappa shape index (κ1) is 17.9. The zero-order chi connectivity index (χ0) is 19.5. The van der Waals surface area contributed by atoms with Gasteiger partial charge in [-0.05, 0) is 28.3 Å². The number of alkyl carbamates (subject to hydrolysis) is 1. The van der Waals surface area contributed by atoms with E-state index in [9.17, 15) is 9.59 Å². The van der Waals surface area contributed by atoms with E-state index >= 15 is 0 Å². The molecule has 1 aromatic heterocycles. The van der Waals surface area contributed by atoms with E-state index in [0.29, 0.717) is 5.56 Å². The van der Waals surface area contributed by atoms with Gasteiger partial charge in [-0.15, -0.1) is 0 Å². The smallest absolute Gasteiger partial charge is 0.407 e. The molecule has 0 saturated heterocycles. The molecule has 2 N–H and O–H groups in total. The maximum absolute atomic E-state index is 12.4. The average Bonchev–Trinajstić information content (AvgIpc) is 3.32. The van der Waals surface area contributed by atoms with Crippen molar-refractivity contribution in [1.29, 1.82) is 0 Å². The minimum Gasteiger partial charge on any atom is -0.481 e. The van der Waals surface area contributed by atoms with E-state index < -0.39 is 18.1 Å². The van der Waals surface area contributed by atoms with Crippen LogP contribution >= 0.6 is 0 Å². The maximum atomic E-state index is 12.4. The predicted molar refractivity (Wildman–Crippen MR) is 102 cm³/mol. The number of aliphatic carboxylic acids is 1. The summed E-state index contributed by atoms with van der Waals surface area (Å²) in [5.41, 5.74) is 5.11. The van der Waals surface area contributed by atoms with E-state index in [1.807, 2.05) is 36.4 Å². The fourth-order valence-electron chi connectivity index (χ4n) is 3.68. The molecule has 0 radical (unpaired) electrons. The van der Waals surface area contributed by atoms with Crippen LogP contribution in [-0.2, 0) is 9.53 Å². The lowest BCUT2D eigenvalue weighted by Gasteiger charge is -2.18. The Labute approximate surface area is 161 Å². The van der Waals surface area contributed by atoms with Gasteiger partial charge in [0, 0.05) is 11.5 Å². The van der Waals surface area contributed by atoms with Gasteiger partial charge in [0.2, 0.25) is 0 Å². The number of nitrogens with one attached hydrogen (secondary N) is 1. The normalized spacial score (nSPS) is 13.4. The second-order valence-corrected chi connectivity index (χ2v) is 6.68. The van der Waals surface area contributed by atoms with Gasteiger partial charge in [-0.25, -0.2) is 4.79 Å². The van der Waals surface area contributed by atoms with Gasteiger partial charge in [0.15, 0.2) is 0 Å². The van der Waals surface area contributed by atoms with Crippen LogP contribution in [0.25, 0.3) is 11.1 Å². The highest BCUT2D eigenvalue weighted by Gasteiger charge is 2.29. The first-order valence-corrected chi connectivity index (χ1v) is 8.99. The molecule has 28 heavy (non-hydrogen) atoms. The van der Waals surface area contributed by atoms with Crippen molar-refractivity contribution in [1.82, 2.24) is 5.32 Å². The summed E-state index contributed by atoms with van der Waals surface area (Å²) < 4.78 is 10.5. The summed E-state index contributed by atoms with van der Waals surface area (Å²) in [6, 6.07) is 17.1. The molecule has 0 bridgehead atoms. The van der Waals surface area contributed by atoms with E-state index in [0.717, 1.165) is 22.3 Å². The largest absolute Gasteiger partial charge is 0.481 e. The molecule has 0 aliphatic heterocycles. The first-order chi connectivity index (χ1) is 13.6. The molecule has 0 spiro atoms. The molecule has 0 saturated carbocycles. The molecule has 1 aliphatic carbocycles. The van der Waals surface area contributed by atoms with E-state index in [2.05, 4.69) is 17.4 Å². The highest BCUT2D eigenvalue weighted by Crippen LogP contribution is 2.44. The van der Waals surface area contributed by atoms with Crippen molar-refractivity contribution in [3.8, 4) is 11.1 Å². The summed E-state index contributed by atoms with van der Waals surface area (Å²) in [7, 11) is 0. The van der Waals surface area contributed by atoms with Gasteiger partial charge < -0.3 is 19.6 Å². The number of hydrogen-bond acceptors (Lipinski definition) is 4. The van der Waals surface area contributed by atoms with Crippen molar-refractivity contribution in [3.05, 3.63) is 83.8 Å². The standard InChI is InChI=1S/C22H19NO5/c24-21(25)11-20(14-9-10-27-12-14)23-22(26)28-13-19-17-7-3-1-5-15(17)16-6-2-4-8-18(16)19/h1-10,12,19-20H,11,13H2,(H,23,26)(H,24,25). The quantitative estimate of drug-likeness (QED) is 0.667. The van der Waals surface area contributed by atoms with Gasteiger partial charge in [0.25, 0.3) is 0 Å². The molecule has 1 unspecified atom stereocenters. The van der Waals surface area contributed by atoms with E-state index in [4.69, 9.17) is 14.3 Å². The van der Waals surface area contributed by atoms with Crippen LogP contribution in [0.1, 0.15) is 35.1 Å². The van der Waals surface area contributed by atoms with Gasteiger partial charge in [-0.2, -0.15) is 0 Å². The topological polar surface area (TPSA) is 88.8 Å². The van der Waals surface area contributed by atoms with Crippen LogP contribution in [0.2, 0.25) is 0 Å². The first-order valence-electron chi connectivity index (χ1n) is 8.99. The molecule has 1 aliphatic rings. The number of hydrogen-bond donors (Lipinski definition) is 2. The SMILES string of the molecule is O=C(O)CC(NC(=O)OCC1c2ccccc2-c2ccccc21)c1ccoc1. The number of carboxylic acids is 1. The van der Waals surface area contributed by atoms with Gasteiger partial charge in [0.05, 0.1) is 25.0 Å². The number of ether oxygens (including phenoxy) is 1. The van der Waals surface area contributed by atoms with Crippen LogP contribution in [-0.4, -0.2) is 23.8 Å². The average molecular weight is 377 g/mol. The summed E-state index contributed by atoms with van der Waals surface area (Å²) in [5, 5.41) is 11.7. The number of carboxylic acid groups (broad SMARTS) is 1. The van der Waals surface area contributed by atoms with Gasteiger partial charge in [-0.1, -0.05) is 48.5 Å². The number of amides is 1. The lowest BCUT2D eigenvalue weighted by Crippen LogP contribution is -2.31. The van der Waals surface area contributed by atoms with Crippen LogP contribution in [0.5, 0.6) is 0 Å². The summed E-state index contributed by atoms with van der Waals surface area (Å²) in [6.07, 6.45) is 1.93. The Morgan fingerprint density at radius 1 is 1.04 bits per heavy atom. The van der Waals surface area contributed by atoms with Gasteiger partial charge in [0.1, 0.15) is 6.61 Å². The van der Waals surface area contributed by atoms with Crippen LogP contribution in [0.3, 0.4) is 0 Å². The second kappa shape index (κ2) is 7.60. The van der Waals surface area contributed by atoms with Crippen LogP contribution < -0.4 is 5.32 Å². The van der Waals surface area contributed by atoms with Crippen molar-refractivity contribution >= 4 is 12.1 Å². The number of carbonyl (C=O) groups is 2. The Kier molecular flexibility index (Phi) is 4.85. The van der Waals surface area contributed by atoms with Crippen LogP contribution in [0.4, 0.5) is 4.79 Å². The van der Waals surface area contributed by atoms with Crippen molar-refractivity contribution < 1.29 is 23.8 Å². The Bertz CT molecular complexity index is 950. The van der Waals surface area contributed by atoms with Crippen LogP contribution in [0.15, 0.2) is 71.5 Å². The highest BCUT2D eigenvalue weighted by atomic mass is 16.5. The minimum absolute atomic E-state index is 0.0509. The Hall–Kier alpha value is -3.54. The molecular formula is C22H19NO5. The molecule has 6 nitrogen and oxygen atoms in total. The zero-order valence-corrected chi connectivity index (χ0v) is 15.0. The Balaban J connectivity index is 1.47. The van der Waals surface area contributed by atoms with E-state index in [-0.39, 0.29) is 18.9 Å². The summed E-state index contributed by atoms with van der Waals surface area (Å²) in [5.74, 6) is -1.07. The third-order valence-electron chi connectivity index (χ3n) is 4.96. The minimum atomic E-state index is -1.02. The monoisotopic (exact) mass is 377 g/mol. The Morgan fingerprint density at radius 3 is 2.25 bits per heavy atom. The van der Waals surface area contributed by atoms with Gasteiger partial charge >= 0.3 is 12.1 Å². The fourth-order valence-corrected chi connectivity index (χ4v) is 3.68. The molecule has 1 amide bonds.